The average Bonchev–Trinajstić information content (AvgIpc) is 2.71. The Morgan fingerprint density at radius 1 is 0.778 bits per heavy atom. The van der Waals surface area contributed by atoms with Gasteiger partial charge in [-0.25, -0.2) is 4.79 Å². The van der Waals surface area contributed by atoms with E-state index in [9.17, 15) is 9.59 Å². The summed E-state index contributed by atoms with van der Waals surface area (Å²) in [6, 6.07) is 23.8. The minimum absolute atomic E-state index is 0.0937. The van der Waals surface area contributed by atoms with Crippen LogP contribution in [0.2, 0.25) is 0 Å². The molecule has 0 heterocycles. The van der Waals surface area contributed by atoms with Gasteiger partial charge >= 0.3 is 5.97 Å². The van der Waals surface area contributed by atoms with E-state index < -0.39 is 5.97 Å². The Morgan fingerprint density at radius 3 is 1.96 bits per heavy atom. The number of ether oxygens (including phenoxy) is 2. The molecular formula is C23H20O4. The molecule has 0 aromatic heterocycles. The summed E-state index contributed by atoms with van der Waals surface area (Å²) >= 11 is 0. The summed E-state index contributed by atoms with van der Waals surface area (Å²) < 4.78 is 11.2. The topological polar surface area (TPSA) is 52.6 Å². The third kappa shape index (κ3) is 5.05. The standard InChI is InChI=1S/C23H20O4/c1-17(24)20-12-13-21(23(25)27-16-19-10-6-3-7-11-19)22(14-20)26-15-18-8-4-2-5-9-18/h2-14H,15-16H2,1H3. The van der Waals surface area contributed by atoms with Gasteiger partial charge in [-0.15, -0.1) is 0 Å². The molecule has 0 atom stereocenters. The summed E-state index contributed by atoms with van der Waals surface area (Å²) in [7, 11) is 0. The van der Waals surface area contributed by atoms with Crippen LogP contribution < -0.4 is 4.74 Å². The molecule has 0 spiro atoms. The zero-order chi connectivity index (χ0) is 19.1. The zero-order valence-corrected chi connectivity index (χ0v) is 15.1. The number of carbonyl (C=O) groups excluding carboxylic acids is 2. The lowest BCUT2D eigenvalue weighted by molar-refractivity contribution is 0.0467. The van der Waals surface area contributed by atoms with Crippen LogP contribution in [0.5, 0.6) is 5.75 Å². The van der Waals surface area contributed by atoms with Crippen molar-refractivity contribution < 1.29 is 19.1 Å². The van der Waals surface area contributed by atoms with Gasteiger partial charge in [-0.05, 0) is 30.2 Å². The third-order valence-electron chi connectivity index (χ3n) is 4.06. The highest BCUT2D eigenvalue weighted by molar-refractivity contribution is 5.98. The van der Waals surface area contributed by atoms with Crippen molar-refractivity contribution in [3.8, 4) is 5.75 Å². The van der Waals surface area contributed by atoms with Crippen LogP contribution in [0, 0.1) is 0 Å². The molecule has 3 aromatic carbocycles. The molecule has 3 aromatic rings. The first-order valence-electron chi connectivity index (χ1n) is 8.66. The summed E-state index contributed by atoms with van der Waals surface area (Å²) in [6.07, 6.45) is 0. The van der Waals surface area contributed by atoms with Crippen molar-refractivity contribution in [1.29, 1.82) is 0 Å². The Balaban J connectivity index is 1.78. The molecule has 0 radical (unpaired) electrons. The molecule has 0 aliphatic rings. The van der Waals surface area contributed by atoms with Gasteiger partial charge in [0, 0.05) is 5.56 Å². The summed E-state index contributed by atoms with van der Waals surface area (Å²) in [5, 5.41) is 0. The molecule has 27 heavy (non-hydrogen) atoms. The Hall–Kier alpha value is -3.40. The van der Waals surface area contributed by atoms with Gasteiger partial charge in [0.2, 0.25) is 0 Å². The molecule has 0 aliphatic heterocycles. The molecule has 0 fully saturated rings. The highest BCUT2D eigenvalue weighted by Crippen LogP contribution is 2.24. The second-order valence-corrected chi connectivity index (χ2v) is 6.10. The van der Waals surface area contributed by atoms with Crippen LogP contribution in [-0.2, 0) is 18.0 Å². The maximum atomic E-state index is 12.5. The molecule has 4 nitrogen and oxygen atoms in total. The zero-order valence-electron chi connectivity index (χ0n) is 15.1. The smallest absolute Gasteiger partial charge is 0.342 e. The maximum Gasteiger partial charge on any atom is 0.342 e. The second kappa shape index (κ2) is 8.81. The van der Waals surface area contributed by atoms with Gasteiger partial charge in [0.15, 0.2) is 5.78 Å². The number of ketones is 1. The van der Waals surface area contributed by atoms with Gasteiger partial charge in [0.25, 0.3) is 0 Å². The van der Waals surface area contributed by atoms with E-state index in [1.54, 1.807) is 18.2 Å². The molecule has 0 saturated carbocycles. The monoisotopic (exact) mass is 360 g/mol. The van der Waals surface area contributed by atoms with E-state index in [2.05, 4.69) is 0 Å². The Morgan fingerprint density at radius 2 is 1.37 bits per heavy atom. The molecule has 0 unspecified atom stereocenters. The minimum atomic E-state index is -0.489. The summed E-state index contributed by atoms with van der Waals surface area (Å²) in [5.74, 6) is -0.245. The highest BCUT2D eigenvalue weighted by Gasteiger charge is 2.16. The Bertz CT molecular complexity index is 918. The van der Waals surface area contributed by atoms with Gasteiger partial charge in [-0.2, -0.15) is 0 Å². The predicted molar refractivity (Wildman–Crippen MR) is 103 cm³/mol. The van der Waals surface area contributed by atoms with Gasteiger partial charge in [-0.3, -0.25) is 4.79 Å². The fourth-order valence-electron chi connectivity index (χ4n) is 2.57. The number of Topliss-reactive ketones (excluding diaryl/α,β-unsaturated/α-hetero) is 1. The first-order chi connectivity index (χ1) is 13.1. The number of hydrogen-bond acceptors (Lipinski definition) is 4. The van der Waals surface area contributed by atoms with Crippen LogP contribution in [0.4, 0.5) is 0 Å². The van der Waals surface area contributed by atoms with Crippen molar-refractivity contribution in [2.24, 2.45) is 0 Å². The first kappa shape index (κ1) is 18.4. The highest BCUT2D eigenvalue weighted by atomic mass is 16.5. The predicted octanol–water partition coefficient (Wildman–Crippen LogP) is 4.83. The lowest BCUT2D eigenvalue weighted by Crippen LogP contribution is -2.09. The van der Waals surface area contributed by atoms with E-state index in [0.717, 1.165) is 11.1 Å². The van der Waals surface area contributed by atoms with Crippen LogP contribution >= 0.6 is 0 Å². The molecule has 0 aliphatic carbocycles. The van der Waals surface area contributed by atoms with Gasteiger partial charge < -0.3 is 9.47 Å². The van der Waals surface area contributed by atoms with E-state index >= 15 is 0 Å². The van der Waals surface area contributed by atoms with Gasteiger partial charge in [0.1, 0.15) is 24.5 Å². The lowest BCUT2D eigenvalue weighted by Gasteiger charge is -2.13. The van der Waals surface area contributed by atoms with Gasteiger partial charge in [0.05, 0.1) is 0 Å². The number of carbonyl (C=O) groups is 2. The van der Waals surface area contributed by atoms with Crippen LogP contribution in [0.1, 0.15) is 38.8 Å². The summed E-state index contributed by atoms with van der Waals surface area (Å²) in [6.45, 7) is 1.94. The van der Waals surface area contributed by atoms with E-state index in [0.29, 0.717) is 23.5 Å². The van der Waals surface area contributed by atoms with Crippen LogP contribution in [0.15, 0.2) is 78.9 Å². The van der Waals surface area contributed by atoms with Crippen LogP contribution in [-0.4, -0.2) is 11.8 Å². The SMILES string of the molecule is CC(=O)c1ccc(C(=O)OCc2ccccc2)c(OCc2ccccc2)c1. The molecule has 3 rings (SSSR count). The normalized spacial score (nSPS) is 10.3. The van der Waals surface area contributed by atoms with Crippen LogP contribution in [0.3, 0.4) is 0 Å². The van der Waals surface area contributed by atoms with Crippen molar-refractivity contribution in [3.63, 3.8) is 0 Å². The van der Waals surface area contributed by atoms with E-state index in [1.807, 2.05) is 60.7 Å². The average molecular weight is 360 g/mol. The number of benzene rings is 3. The first-order valence-corrected chi connectivity index (χ1v) is 8.66. The Kier molecular flexibility index (Phi) is 6.00. The van der Waals surface area contributed by atoms with Crippen molar-refractivity contribution in [2.45, 2.75) is 20.1 Å². The molecule has 0 saturated heterocycles. The van der Waals surface area contributed by atoms with E-state index in [1.165, 1.54) is 6.92 Å². The van der Waals surface area contributed by atoms with E-state index in [4.69, 9.17) is 9.47 Å². The van der Waals surface area contributed by atoms with Crippen molar-refractivity contribution >= 4 is 11.8 Å². The Labute approximate surface area is 158 Å². The maximum absolute atomic E-state index is 12.5. The fraction of sp³-hybridized carbons (Fsp3) is 0.130. The molecule has 4 heteroatoms. The number of rotatable bonds is 7. The van der Waals surface area contributed by atoms with Gasteiger partial charge in [-0.1, -0.05) is 66.7 Å². The quantitative estimate of drug-likeness (QED) is 0.447. The fourth-order valence-corrected chi connectivity index (χ4v) is 2.57. The van der Waals surface area contributed by atoms with Crippen molar-refractivity contribution in [1.82, 2.24) is 0 Å². The number of esters is 1. The minimum Gasteiger partial charge on any atom is -0.488 e. The lowest BCUT2D eigenvalue weighted by atomic mass is 10.1. The molecule has 0 bridgehead atoms. The summed E-state index contributed by atoms with van der Waals surface area (Å²) in [5.41, 5.74) is 2.65. The summed E-state index contributed by atoms with van der Waals surface area (Å²) in [4.78, 5) is 24.2. The molecule has 136 valence electrons. The largest absolute Gasteiger partial charge is 0.488 e. The molecular weight excluding hydrogens is 340 g/mol. The van der Waals surface area contributed by atoms with Crippen molar-refractivity contribution in [2.75, 3.05) is 0 Å². The second-order valence-electron chi connectivity index (χ2n) is 6.10. The van der Waals surface area contributed by atoms with E-state index in [-0.39, 0.29) is 12.4 Å². The third-order valence-corrected chi connectivity index (χ3v) is 4.06. The van der Waals surface area contributed by atoms with Crippen LogP contribution in [0.25, 0.3) is 0 Å². The molecule has 0 amide bonds. The number of hydrogen-bond donors (Lipinski definition) is 0. The van der Waals surface area contributed by atoms with Crippen molar-refractivity contribution in [3.05, 3.63) is 101 Å². The molecule has 0 N–H and O–H groups in total.